The summed E-state index contributed by atoms with van der Waals surface area (Å²) in [6.07, 6.45) is 0. The van der Waals surface area contributed by atoms with Crippen molar-refractivity contribution in [2.24, 2.45) is 0 Å². The van der Waals surface area contributed by atoms with Crippen molar-refractivity contribution >= 4 is 50.5 Å². The van der Waals surface area contributed by atoms with Crippen LogP contribution in [0.1, 0.15) is 0 Å². The van der Waals surface area contributed by atoms with E-state index in [1.807, 2.05) is 0 Å². The first-order chi connectivity index (χ1) is 15.2. The van der Waals surface area contributed by atoms with Crippen LogP contribution in [0.3, 0.4) is 0 Å². The highest BCUT2D eigenvalue weighted by Crippen LogP contribution is 2.31. The average Bonchev–Trinajstić information content (AvgIpc) is 2.76. The molecule has 0 unspecified atom stereocenters. The maximum absolute atomic E-state index is 13.2. The number of halogens is 3. The highest BCUT2D eigenvalue weighted by molar-refractivity contribution is 7.92. The van der Waals surface area contributed by atoms with Crippen molar-refractivity contribution in [3.8, 4) is 11.5 Å². The molecule has 0 bridgehead atoms. The van der Waals surface area contributed by atoms with Crippen LogP contribution in [0.25, 0.3) is 0 Å². The standard InChI is InChI=1S/C21H17Cl2FN2O5S/c1-30-19-9-6-13(25-21(27)12-31-14-7-8-17(24)16(23)11-14)10-20(19)32(28,29)26-18-5-3-2-4-15(18)22/h2-11,26H,12H2,1H3,(H,25,27). The highest BCUT2D eigenvalue weighted by atomic mass is 35.5. The second-order valence-electron chi connectivity index (χ2n) is 6.36. The van der Waals surface area contributed by atoms with Crippen molar-refractivity contribution in [2.45, 2.75) is 4.90 Å². The van der Waals surface area contributed by atoms with E-state index in [-0.39, 0.29) is 37.8 Å². The smallest absolute Gasteiger partial charge is 0.265 e. The fourth-order valence-electron chi connectivity index (χ4n) is 2.62. The minimum atomic E-state index is -4.09. The Bertz CT molecular complexity index is 1250. The Morgan fingerprint density at radius 1 is 1.03 bits per heavy atom. The number of para-hydroxylation sites is 1. The van der Waals surface area contributed by atoms with Crippen LogP contribution in [-0.2, 0) is 14.8 Å². The summed E-state index contributed by atoms with van der Waals surface area (Å²) in [5.41, 5.74) is 0.382. The van der Waals surface area contributed by atoms with Gasteiger partial charge in [0.1, 0.15) is 22.2 Å². The lowest BCUT2D eigenvalue weighted by Gasteiger charge is -2.14. The maximum Gasteiger partial charge on any atom is 0.265 e. The molecule has 3 aromatic carbocycles. The normalized spacial score (nSPS) is 11.0. The van der Waals surface area contributed by atoms with Crippen LogP contribution < -0.4 is 19.5 Å². The molecule has 0 saturated heterocycles. The summed E-state index contributed by atoms with van der Waals surface area (Å²) >= 11 is 11.7. The largest absolute Gasteiger partial charge is 0.495 e. The van der Waals surface area contributed by atoms with Crippen molar-refractivity contribution < 1.29 is 27.1 Å². The third kappa shape index (κ3) is 5.82. The van der Waals surface area contributed by atoms with Crippen LogP contribution in [0.5, 0.6) is 11.5 Å². The molecule has 3 aromatic rings. The number of sulfonamides is 1. The number of rotatable bonds is 8. The number of hydrogen-bond donors (Lipinski definition) is 2. The van der Waals surface area contributed by atoms with Gasteiger partial charge in [0.05, 0.1) is 22.8 Å². The number of hydrogen-bond acceptors (Lipinski definition) is 5. The van der Waals surface area contributed by atoms with Crippen molar-refractivity contribution in [2.75, 3.05) is 23.8 Å². The summed E-state index contributed by atoms with van der Waals surface area (Å²) in [7, 11) is -2.77. The Hall–Kier alpha value is -3.01. The fraction of sp³-hybridized carbons (Fsp3) is 0.0952. The van der Waals surface area contributed by atoms with Gasteiger partial charge in [0.15, 0.2) is 6.61 Å². The molecular weight excluding hydrogens is 482 g/mol. The first-order valence-electron chi connectivity index (χ1n) is 9.02. The van der Waals surface area contributed by atoms with Crippen molar-refractivity contribution in [1.29, 1.82) is 0 Å². The molecule has 32 heavy (non-hydrogen) atoms. The number of amides is 1. The zero-order valence-corrected chi connectivity index (χ0v) is 18.9. The summed E-state index contributed by atoms with van der Waals surface area (Å²) in [6.45, 7) is -0.409. The van der Waals surface area contributed by atoms with Gasteiger partial charge in [0.2, 0.25) is 0 Å². The molecule has 0 fully saturated rings. The van der Waals surface area contributed by atoms with E-state index in [0.717, 1.165) is 6.07 Å². The maximum atomic E-state index is 13.2. The molecule has 2 N–H and O–H groups in total. The molecular formula is C21H17Cl2FN2O5S. The summed E-state index contributed by atoms with van der Waals surface area (Å²) in [5.74, 6) is -0.910. The van der Waals surface area contributed by atoms with E-state index in [9.17, 15) is 17.6 Å². The number of carbonyl (C=O) groups excluding carboxylic acids is 1. The summed E-state index contributed by atoms with van der Waals surface area (Å²) in [6, 6.07) is 14.1. The molecule has 1 amide bonds. The lowest BCUT2D eigenvalue weighted by molar-refractivity contribution is -0.118. The third-order valence-electron chi connectivity index (χ3n) is 4.12. The predicted molar refractivity (Wildman–Crippen MR) is 121 cm³/mol. The quantitative estimate of drug-likeness (QED) is 0.457. The van der Waals surface area contributed by atoms with Crippen LogP contribution in [0.15, 0.2) is 65.6 Å². The van der Waals surface area contributed by atoms with E-state index in [1.165, 1.54) is 43.5 Å². The molecule has 0 aliphatic heterocycles. The zero-order valence-electron chi connectivity index (χ0n) is 16.6. The molecule has 11 heteroatoms. The first-order valence-corrected chi connectivity index (χ1v) is 11.3. The number of methoxy groups -OCH3 is 1. The molecule has 7 nitrogen and oxygen atoms in total. The minimum absolute atomic E-state index is 0.0692. The van der Waals surface area contributed by atoms with Gasteiger partial charge in [-0.25, -0.2) is 12.8 Å². The van der Waals surface area contributed by atoms with Gasteiger partial charge in [-0.3, -0.25) is 9.52 Å². The Morgan fingerprint density at radius 3 is 2.47 bits per heavy atom. The van der Waals surface area contributed by atoms with Crippen LogP contribution in [0.4, 0.5) is 15.8 Å². The molecule has 3 rings (SSSR count). The number of carbonyl (C=O) groups is 1. The van der Waals surface area contributed by atoms with Gasteiger partial charge in [0.25, 0.3) is 15.9 Å². The minimum Gasteiger partial charge on any atom is -0.495 e. The van der Waals surface area contributed by atoms with E-state index in [2.05, 4.69) is 10.0 Å². The van der Waals surface area contributed by atoms with Gasteiger partial charge < -0.3 is 14.8 Å². The van der Waals surface area contributed by atoms with Gasteiger partial charge in [-0.2, -0.15) is 0 Å². The zero-order chi connectivity index (χ0) is 23.3. The number of ether oxygens (including phenoxy) is 2. The monoisotopic (exact) mass is 498 g/mol. The lowest BCUT2D eigenvalue weighted by Crippen LogP contribution is -2.21. The van der Waals surface area contributed by atoms with Crippen LogP contribution in [-0.4, -0.2) is 28.0 Å². The van der Waals surface area contributed by atoms with Crippen molar-refractivity contribution in [3.63, 3.8) is 0 Å². The van der Waals surface area contributed by atoms with Crippen LogP contribution in [0, 0.1) is 5.82 Å². The number of nitrogens with one attached hydrogen (secondary N) is 2. The molecule has 168 valence electrons. The number of benzene rings is 3. The molecule has 0 aliphatic carbocycles. The van der Waals surface area contributed by atoms with E-state index in [0.29, 0.717) is 0 Å². The third-order valence-corrected chi connectivity index (χ3v) is 6.12. The molecule has 0 aromatic heterocycles. The predicted octanol–water partition coefficient (Wildman–Crippen LogP) is 4.96. The van der Waals surface area contributed by atoms with Crippen molar-refractivity contribution in [1.82, 2.24) is 0 Å². The first kappa shape index (κ1) is 23.6. The van der Waals surface area contributed by atoms with Crippen LogP contribution in [0.2, 0.25) is 10.0 Å². The molecule has 0 spiro atoms. The lowest BCUT2D eigenvalue weighted by atomic mass is 10.3. The van der Waals surface area contributed by atoms with Gasteiger partial charge in [-0.1, -0.05) is 35.3 Å². The number of anilines is 2. The second-order valence-corrected chi connectivity index (χ2v) is 8.83. The van der Waals surface area contributed by atoms with Gasteiger partial charge in [-0.05, 0) is 42.5 Å². The SMILES string of the molecule is COc1ccc(NC(=O)COc2ccc(F)c(Cl)c2)cc1S(=O)(=O)Nc1ccccc1Cl. The molecule has 0 heterocycles. The van der Waals surface area contributed by atoms with Gasteiger partial charge in [-0.15, -0.1) is 0 Å². The molecule has 0 aliphatic rings. The topological polar surface area (TPSA) is 93.7 Å². The summed E-state index contributed by atoms with van der Waals surface area (Å²) < 4.78 is 51.8. The highest BCUT2D eigenvalue weighted by Gasteiger charge is 2.22. The van der Waals surface area contributed by atoms with Crippen molar-refractivity contribution in [3.05, 3.63) is 76.5 Å². The molecule has 0 radical (unpaired) electrons. The van der Waals surface area contributed by atoms with E-state index >= 15 is 0 Å². The van der Waals surface area contributed by atoms with Gasteiger partial charge in [0, 0.05) is 11.8 Å². The Kier molecular flexibility index (Phi) is 7.44. The van der Waals surface area contributed by atoms with E-state index in [1.54, 1.807) is 18.2 Å². The summed E-state index contributed by atoms with van der Waals surface area (Å²) in [5, 5.41) is 2.61. The summed E-state index contributed by atoms with van der Waals surface area (Å²) in [4.78, 5) is 12.0. The second kappa shape index (κ2) is 10.1. The Morgan fingerprint density at radius 2 is 1.78 bits per heavy atom. The fourth-order valence-corrected chi connectivity index (χ4v) is 4.31. The Balaban J connectivity index is 1.75. The molecule has 0 atom stereocenters. The van der Waals surface area contributed by atoms with E-state index in [4.69, 9.17) is 32.7 Å². The van der Waals surface area contributed by atoms with E-state index < -0.39 is 28.4 Å². The average molecular weight is 499 g/mol. The Labute approximate surface area is 194 Å². The molecule has 0 saturated carbocycles. The van der Waals surface area contributed by atoms with Crippen LogP contribution >= 0.6 is 23.2 Å². The van der Waals surface area contributed by atoms with Gasteiger partial charge >= 0.3 is 0 Å².